The maximum atomic E-state index is 10.2. The smallest absolute Gasteiger partial charge is 0.351 e. The standard InChI is InChI=1S/C4H8O5S/c1-2-4(7,3(5)6)10(8)9/h7H,2H2,1H3,(H,5,6)(H,8,9). The molecule has 5 nitrogen and oxygen atoms in total. The Labute approximate surface area is 60.0 Å². The second kappa shape index (κ2) is 3.09. The van der Waals surface area contributed by atoms with Gasteiger partial charge in [0.25, 0.3) is 4.93 Å². The molecule has 60 valence electrons. The van der Waals surface area contributed by atoms with E-state index in [4.69, 9.17) is 14.8 Å². The molecule has 3 N–H and O–H groups in total. The van der Waals surface area contributed by atoms with Crippen molar-refractivity contribution in [2.45, 2.75) is 18.3 Å². The van der Waals surface area contributed by atoms with Gasteiger partial charge in [-0.1, -0.05) is 6.92 Å². The van der Waals surface area contributed by atoms with Gasteiger partial charge < -0.3 is 14.8 Å². The zero-order valence-electron chi connectivity index (χ0n) is 5.27. The number of aliphatic hydroxyl groups is 1. The van der Waals surface area contributed by atoms with Crippen LogP contribution in [0.25, 0.3) is 0 Å². The lowest BCUT2D eigenvalue weighted by molar-refractivity contribution is -0.150. The molecule has 0 amide bonds. The van der Waals surface area contributed by atoms with E-state index in [0.717, 1.165) is 0 Å². The van der Waals surface area contributed by atoms with E-state index in [1.54, 1.807) is 0 Å². The van der Waals surface area contributed by atoms with Gasteiger partial charge in [-0.2, -0.15) is 0 Å². The molecule has 0 aromatic carbocycles. The topological polar surface area (TPSA) is 94.8 Å². The van der Waals surface area contributed by atoms with Crippen molar-refractivity contribution in [3.8, 4) is 0 Å². The molecule has 0 aromatic heterocycles. The molecule has 0 aliphatic rings. The molecule has 0 bridgehead atoms. The van der Waals surface area contributed by atoms with Crippen LogP contribution in [0.5, 0.6) is 0 Å². The number of carbonyl (C=O) groups is 1. The van der Waals surface area contributed by atoms with E-state index in [-0.39, 0.29) is 6.42 Å². The zero-order chi connectivity index (χ0) is 8.36. The molecule has 0 saturated carbocycles. The third-order valence-corrected chi connectivity index (χ3v) is 2.14. The third kappa shape index (κ3) is 1.53. The number of carboxylic acids is 1. The average molecular weight is 168 g/mol. The van der Waals surface area contributed by atoms with Gasteiger partial charge in [0, 0.05) is 0 Å². The minimum Gasteiger partial charge on any atom is -0.478 e. The average Bonchev–Trinajstić information content (AvgIpc) is 1.85. The summed E-state index contributed by atoms with van der Waals surface area (Å²) < 4.78 is 18.5. The van der Waals surface area contributed by atoms with E-state index in [1.807, 2.05) is 0 Å². The summed E-state index contributed by atoms with van der Waals surface area (Å²) in [6.45, 7) is 1.31. The number of rotatable bonds is 3. The molecule has 2 unspecified atom stereocenters. The SMILES string of the molecule is CCC(O)(C(=O)O)S(=O)O. The van der Waals surface area contributed by atoms with Crippen LogP contribution in [0.15, 0.2) is 0 Å². The zero-order valence-corrected chi connectivity index (χ0v) is 6.09. The molecule has 0 spiro atoms. The third-order valence-electron chi connectivity index (χ3n) is 1.10. The predicted octanol–water partition coefficient (Wildman–Crippen LogP) is -0.609. The quantitative estimate of drug-likeness (QED) is 0.489. The van der Waals surface area contributed by atoms with Crippen molar-refractivity contribution < 1.29 is 23.8 Å². The van der Waals surface area contributed by atoms with Crippen molar-refractivity contribution in [3.05, 3.63) is 0 Å². The fourth-order valence-electron chi connectivity index (χ4n) is 0.349. The Hall–Kier alpha value is -0.460. The summed E-state index contributed by atoms with van der Waals surface area (Å²) in [6, 6.07) is 0. The Morgan fingerprint density at radius 2 is 2.10 bits per heavy atom. The first-order valence-electron chi connectivity index (χ1n) is 2.52. The fraction of sp³-hybridized carbons (Fsp3) is 0.750. The molecule has 0 radical (unpaired) electrons. The minimum absolute atomic E-state index is 0.300. The van der Waals surface area contributed by atoms with Crippen molar-refractivity contribution in [1.29, 1.82) is 0 Å². The van der Waals surface area contributed by atoms with Gasteiger partial charge in [-0.05, 0) is 6.42 Å². The molecule has 6 heteroatoms. The van der Waals surface area contributed by atoms with E-state index in [1.165, 1.54) is 6.92 Å². The van der Waals surface area contributed by atoms with Gasteiger partial charge in [-0.3, -0.25) is 0 Å². The molecule has 0 aliphatic heterocycles. The highest BCUT2D eigenvalue weighted by Gasteiger charge is 2.40. The maximum absolute atomic E-state index is 10.2. The summed E-state index contributed by atoms with van der Waals surface area (Å²) in [7, 11) is 0. The summed E-state index contributed by atoms with van der Waals surface area (Å²) in [5.41, 5.74) is 0. The lowest BCUT2D eigenvalue weighted by Gasteiger charge is -2.15. The second-order valence-corrected chi connectivity index (χ2v) is 2.87. The van der Waals surface area contributed by atoms with Gasteiger partial charge in [-0.15, -0.1) is 0 Å². The van der Waals surface area contributed by atoms with Gasteiger partial charge in [0.2, 0.25) is 0 Å². The molecule has 0 heterocycles. The maximum Gasteiger partial charge on any atom is 0.351 e. The lowest BCUT2D eigenvalue weighted by atomic mass is 10.3. The van der Waals surface area contributed by atoms with Crippen LogP contribution >= 0.6 is 0 Å². The van der Waals surface area contributed by atoms with Crippen molar-refractivity contribution in [2.75, 3.05) is 0 Å². The van der Waals surface area contributed by atoms with E-state index in [2.05, 4.69) is 0 Å². The van der Waals surface area contributed by atoms with Crippen LogP contribution in [0.3, 0.4) is 0 Å². The van der Waals surface area contributed by atoms with Crippen LogP contribution in [0.2, 0.25) is 0 Å². The van der Waals surface area contributed by atoms with Crippen LogP contribution in [0, 0.1) is 0 Å². The molecule has 2 atom stereocenters. The summed E-state index contributed by atoms with van der Waals surface area (Å²) in [5.74, 6) is -1.68. The summed E-state index contributed by atoms with van der Waals surface area (Å²) in [4.78, 5) is 7.58. The first-order chi connectivity index (χ1) is 4.45. The minimum atomic E-state index is -2.74. The summed E-state index contributed by atoms with van der Waals surface area (Å²) in [5, 5.41) is 17.0. The van der Waals surface area contributed by atoms with Gasteiger partial charge in [-0.25, -0.2) is 9.00 Å². The molecule has 0 fully saturated rings. The van der Waals surface area contributed by atoms with E-state index in [9.17, 15) is 9.00 Å². The summed E-state index contributed by atoms with van der Waals surface area (Å²) in [6.07, 6.45) is -0.300. The van der Waals surface area contributed by atoms with Crippen LogP contribution in [0.1, 0.15) is 13.3 Å². The van der Waals surface area contributed by atoms with Crippen molar-refractivity contribution in [2.24, 2.45) is 0 Å². The monoisotopic (exact) mass is 168 g/mol. The van der Waals surface area contributed by atoms with Crippen LogP contribution in [-0.2, 0) is 15.9 Å². The number of aliphatic carboxylic acids is 1. The normalized spacial score (nSPS) is 19.5. The lowest BCUT2D eigenvalue weighted by Crippen LogP contribution is -2.41. The Morgan fingerprint density at radius 1 is 1.70 bits per heavy atom. The molecular formula is C4H8O5S. The van der Waals surface area contributed by atoms with Crippen LogP contribution < -0.4 is 0 Å². The number of hydrogen-bond donors (Lipinski definition) is 3. The Bertz CT molecular complexity index is 151. The van der Waals surface area contributed by atoms with Gasteiger partial charge >= 0.3 is 5.97 Å². The van der Waals surface area contributed by atoms with E-state index in [0.29, 0.717) is 0 Å². The predicted molar refractivity (Wildman–Crippen MR) is 33.6 cm³/mol. The number of carboxylic acid groups (broad SMARTS) is 1. The molecule has 10 heavy (non-hydrogen) atoms. The Balaban J connectivity index is 4.55. The fourth-order valence-corrected chi connectivity index (χ4v) is 0.746. The molecule has 0 aliphatic carbocycles. The van der Waals surface area contributed by atoms with Gasteiger partial charge in [0.1, 0.15) is 0 Å². The highest BCUT2D eigenvalue weighted by atomic mass is 32.2. The number of hydrogen-bond acceptors (Lipinski definition) is 3. The van der Waals surface area contributed by atoms with Crippen LogP contribution in [-0.4, -0.2) is 29.9 Å². The van der Waals surface area contributed by atoms with Crippen molar-refractivity contribution in [3.63, 3.8) is 0 Å². The van der Waals surface area contributed by atoms with Crippen molar-refractivity contribution in [1.82, 2.24) is 0 Å². The molecule has 0 saturated heterocycles. The highest BCUT2D eigenvalue weighted by molar-refractivity contribution is 7.81. The largest absolute Gasteiger partial charge is 0.478 e. The van der Waals surface area contributed by atoms with Gasteiger partial charge in [0.15, 0.2) is 11.1 Å². The Morgan fingerprint density at radius 3 is 2.10 bits per heavy atom. The van der Waals surface area contributed by atoms with Gasteiger partial charge in [0.05, 0.1) is 0 Å². The van der Waals surface area contributed by atoms with E-state index >= 15 is 0 Å². The first-order valence-corrected chi connectivity index (χ1v) is 3.62. The Kier molecular flexibility index (Phi) is 2.95. The summed E-state index contributed by atoms with van der Waals surface area (Å²) >= 11 is -2.74. The van der Waals surface area contributed by atoms with E-state index < -0.39 is 22.0 Å². The molecule has 0 rings (SSSR count). The van der Waals surface area contributed by atoms with Crippen LogP contribution in [0.4, 0.5) is 0 Å². The highest BCUT2D eigenvalue weighted by Crippen LogP contribution is 2.13. The second-order valence-electron chi connectivity index (χ2n) is 1.69. The molecular weight excluding hydrogens is 160 g/mol. The first kappa shape index (κ1) is 9.54. The van der Waals surface area contributed by atoms with Crippen molar-refractivity contribution >= 4 is 17.0 Å². The molecule has 0 aromatic rings.